The lowest BCUT2D eigenvalue weighted by Crippen LogP contribution is -2.25. The molecule has 1 aromatic carbocycles. The molecule has 0 aliphatic carbocycles. The molecule has 1 aromatic heterocycles. The van der Waals surface area contributed by atoms with Gasteiger partial charge in [-0.05, 0) is 35.0 Å². The lowest BCUT2D eigenvalue weighted by Gasteiger charge is -2.17. The fourth-order valence-electron chi connectivity index (χ4n) is 1.90. The van der Waals surface area contributed by atoms with E-state index in [1.165, 1.54) is 4.68 Å². The zero-order valence-corrected chi connectivity index (χ0v) is 13.3. The van der Waals surface area contributed by atoms with Crippen LogP contribution in [0.25, 0.3) is 0 Å². The standard InChI is InChI=1S/C14H18ClN5O/c1-9-5-6-11(10(15)7-9)16-12(21)8-20-13(14(2,3)4)17-18-19-20/h5-7H,8H2,1-4H3,(H,16,21). The number of anilines is 1. The van der Waals surface area contributed by atoms with Crippen LogP contribution in [-0.4, -0.2) is 26.1 Å². The summed E-state index contributed by atoms with van der Waals surface area (Å²) in [5, 5.41) is 14.7. The summed E-state index contributed by atoms with van der Waals surface area (Å²) in [4.78, 5) is 12.1. The molecule has 112 valence electrons. The van der Waals surface area contributed by atoms with Crippen LogP contribution in [0.15, 0.2) is 18.2 Å². The Morgan fingerprint density at radius 2 is 2.10 bits per heavy atom. The minimum absolute atomic E-state index is 0.0454. The van der Waals surface area contributed by atoms with Crippen LogP contribution in [-0.2, 0) is 16.8 Å². The van der Waals surface area contributed by atoms with E-state index < -0.39 is 0 Å². The number of nitrogens with one attached hydrogen (secondary N) is 1. The third-order valence-electron chi connectivity index (χ3n) is 2.89. The Bertz CT molecular complexity index is 660. The van der Waals surface area contributed by atoms with E-state index in [0.29, 0.717) is 16.5 Å². The summed E-state index contributed by atoms with van der Waals surface area (Å²) < 4.78 is 1.50. The molecule has 2 rings (SSSR count). The first kappa shape index (κ1) is 15.4. The summed E-state index contributed by atoms with van der Waals surface area (Å²) >= 11 is 6.10. The number of hydrogen-bond donors (Lipinski definition) is 1. The van der Waals surface area contributed by atoms with Gasteiger partial charge in [-0.1, -0.05) is 38.4 Å². The monoisotopic (exact) mass is 307 g/mol. The van der Waals surface area contributed by atoms with Crippen LogP contribution in [0.3, 0.4) is 0 Å². The molecule has 21 heavy (non-hydrogen) atoms. The minimum atomic E-state index is -0.231. The van der Waals surface area contributed by atoms with Gasteiger partial charge in [-0.25, -0.2) is 4.68 Å². The molecule has 0 aliphatic heterocycles. The topological polar surface area (TPSA) is 72.7 Å². The number of carbonyl (C=O) groups is 1. The van der Waals surface area contributed by atoms with E-state index in [1.54, 1.807) is 12.1 Å². The van der Waals surface area contributed by atoms with E-state index in [4.69, 9.17) is 11.6 Å². The van der Waals surface area contributed by atoms with Gasteiger partial charge in [0.15, 0.2) is 5.82 Å². The molecule has 0 bridgehead atoms. The Labute approximate surface area is 128 Å². The molecular formula is C14H18ClN5O. The van der Waals surface area contributed by atoms with Crippen molar-refractivity contribution < 1.29 is 4.79 Å². The highest BCUT2D eigenvalue weighted by atomic mass is 35.5. The van der Waals surface area contributed by atoms with Crippen LogP contribution in [0.2, 0.25) is 5.02 Å². The maximum Gasteiger partial charge on any atom is 0.246 e. The van der Waals surface area contributed by atoms with E-state index in [9.17, 15) is 4.79 Å². The van der Waals surface area contributed by atoms with Crippen molar-refractivity contribution in [3.63, 3.8) is 0 Å². The molecule has 1 heterocycles. The summed E-state index contributed by atoms with van der Waals surface area (Å²) in [6.07, 6.45) is 0. The average Bonchev–Trinajstić information content (AvgIpc) is 2.80. The van der Waals surface area contributed by atoms with Crippen molar-refractivity contribution in [1.82, 2.24) is 20.2 Å². The molecule has 7 heteroatoms. The van der Waals surface area contributed by atoms with Crippen LogP contribution >= 0.6 is 11.6 Å². The largest absolute Gasteiger partial charge is 0.323 e. The Morgan fingerprint density at radius 1 is 1.38 bits per heavy atom. The highest BCUT2D eigenvalue weighted by Gasteiger charge is 2.23. The first-order valence-electron chi connectivity index (χ1n) is 6.60. The lowest BCUT2D eigenvalue weighted by molar-refractivity contribution is -0.117. The molecule has 0 radical (unpaired) electrons. The second-order valence-corrected chi connectivity index (χ2v) is 6.35. The number of aromatic nitrogens is 4. The van der Waals surface area contributed by atoms with E-state index >= 15 is 0 Å². The number of carbonyl (C=O) groups excluding carboxylic acids is 1. The van der Waals surface area contributed by atoms with Crippen molar-refractivity contribution in [2.24, 2.45) is 0 Å². The molecule has 0 unspecified atom stereocenters. The summed E-state index contributed by atoms with van der Waals surface area (Å²) in [5.41, 5.74) is 1.39. The SMILES string of the molecule is Cc1ccc(NC(=O)Cn2nnnc2C(C)(C)C)c(Cl)c1. The first-order valence-corrected chi connectivity index (χ1v) is 6.98. The molecule has 1 N–H and O–H groups in total. The van der Waals surface area contributed by atoms with Crippen LogP contribution in [0, 0.1) is 6.92 Å². The van der Waals surface area contributed by atoms with Crippen molar-refractivity contribution >= 4 is 23.2 Å². The van der Waals surface area contributed by atoms with Gasteiger partial charge in [-0.3, -0.25) is 4.79 Å². The van der Waals surface area contributed by atoms with Gasteiger partial charge in [0.05, 0.1) is 10.7 Å². The third kappa shape index (κ3) is 3.78. The van der Waals surface area contributed by atoms with Gasteiger partial charge in [0.2, 0.25) is 5.91 Å². The molecule has 0 saturated carbocycles. The summed E-state index contributed by atoms with van der Waals surface area (Å²) in [5.74, 6) is 0.436. The molecule has 0 saturated heterocycles. The minimum Gasteiger partial charge on any atom is -0.323 e. The number of nitrogens with zero attached hydrogens (tertiary/aromatic N) is 4. The molecule has 1 amide bonds. The first-order chi connectivity index (χ1) is 9.77. The molecule has 0 spiro atoms. The highest BCUT2D eigenvalue weighted by molar-refractivity contribution is 6.33. The third-order valence-corrected chi connectivity index (χ3v) is 3.21. The van der Waals surface area contributed by atoms with Crippen LogP contribution < -0.4 is 5.32 Å². The summed E-state index contributed by atoms with van der Waals surface area (Å²) in [6.45, 7) is 7.95. The second-order valence-electron chi connectivity index (χ2n) is 5.94. The quantitative estimate of drug-likeness (QED) is 0.946. The fraction of sp³-hybridized carbons (Fsp3) is 0.429. The molecule has 0 fully saturated rings. The van der Waals surface area contributed by atoms with Crippen molar-refractivity contribution in [3.8, 4) is 0 Å². The summed E-state index contributed by atoms with van der Waals surface area (Å²) in [7, 11) is 0. The number of rotatable bonds is 3. The van der Waals surface area contributed by atoms with Crippen molar-refractivity contribution in [1.29, 1.82) is 0 Å². The maximum atomic E-state index is 12.1. The van der Waals surface area contributed by atoms with Crippen molar-refractivity contribution in [2.45, 2.75) is 39.7 Å². The maximum absolute atomic E-state index is 12.1. The molecule has 2 aromatic rings. The fourth-order valence-corrected chi connectivity index (χ4v) is 2.18. The molecule has 0 aliphatic rings. The van der Waals surface area contributed by atoms with Crippen LogP contribution in [0.1, 0.15) is 32.2 Å². The predicted molar refractivity (Wildman–Crippen MR) is 81.3 cm³/mol. The van der Waals surface area contributed by atoms with E-state index in [0.717, 1.165) is 5.56 Å². The van der Waals surface area contributed by atoms with E-state index in [1.807, 2.05) is 33.8 Å². The highest BCUT2D eigenvalue weighted by Crippen LogP contribution is 2.23. The number of aryl methyl sites for hydroxylation is 1. The van der Waals surface area contributed by atoms with Crippen LogP contribution in [0.5, 0.6) is 0 Å². The molecule has 6 nitrogen and oxygen atoms in total. The number of hydrogen-bond acceptors (Lipinski definition) is 4. The van der Waals surface area contributed by atoms with Gasteiger partial charge in [-0.2, -0.15) is 0 Å². The van der Waals surface area contributed by atoms with Gasteiger partial charge < -0.3 is 5.32 Å². The van der Waals surface area contributed by atoms with Gasteiger partial charge >= 0.3 is 0 Å². The zero-order valence-electron chi connectivity index (χ0n) is 12.5. The van der Waals surface area contributed by atoms with Gasteiger partial charge in [0.25, 0.3) is 0 Å². The smallest absolute Gasteiger partial charge is 0.246 e. The van der Waals surface area contributed by atoms with Crippen LogP contribution in [0.4, 0.5) is 5.69 Å². The number of halogens is 1. The molecule has 0 atom stereocenters. The lowest BCUT2D eigenvalue weighted by atomic mass is 9.96. The number of amides is 1. The van der Waals surface area contributed by atoms with E-state index in [2.05, 4.69) is 20.8 Å². The number of tetrazole rings is 1. The van der Waals surface area contributed by atoms with Gasteiger partial charge in [0.1, 0.15) is 6.54 Å². The van der Waals surface area contributed by atoms with Crippen molar-refractivity contribution in [2.75, 3.05) is 5.32 Å². The van der Waals surface area contributed by atoms with Gasteiger partial charge in [-0.15, -0.1) is 5.10 Å². The second kappa shape index (κ2) is 5.81. The summed E-state index contributed by atoms with van der Waals surface area (Å²) in [6, 6.07) is 5.47. The normalized spacial score (nSPS) is 11.5. The Kier molecular flexibility index (Phi) is 4.27. The predicted octanol–water partition coefficient (Wildman–Crippen LogP) is 2.57. The molecular weight excluding hydrogens is 290 g/mol. The van der Waals surface area contributed by atoms with Crippen molar-refractivity contribution in [3.05, 3.63) is 34.6 Å². The average molecular weight is 308 g/mol. The Hall–Kier alpha value is -1.95. The van der Waals surface area contributed by atoms with Gasteiger partial charge in [0, 0.05) is 5.41 Å². The zero-order chi connectivity index (χ0) is 15.6. The Morgan fingerprint density at radius 3 is 2.71 bits per heavy atom. The number of benzene rings is 1. The Balaban J connectivity index is 2.11. The van der Waals surface area contributed by atoms with E-state index in [-0.39, 0.29) is 17.9 Å².